The highest BCUT2D eigenvalue weighted by molar-refractivity contribution is 5.85. The Kier molecular flexibility index (Phi) is 4.26. The summed E-state index contributed by atoms with van der Waals surface area (Å²) < 4.78 is 5.63. The zero-order chi connectivity index (χ0) is 18.3. The Bertz CT molecular complexity index is 857. The van der Waals surface area contributed by atoms with Crippen LogP contribution in [0, 0.1) is 0 Å². The standard InChI is InChI=1S/C23H27NO2/c1-23(2,3)26-22(25)24-19-11-12-20(24)15-16(14-19)13-18-9-6-8-17-7-4-5-10-21(17)18/h4-10,14,19-20H,11-13,15H2,1-3H3. The van der Waals surface area contributed by atoms with Crippen molar-refractivity contribution in [1.29, 1.82) is 0 Å². The van der Waals surface area contributed by atoms with E-state index in [2.05, 4.69) is 48.5 Å². The fourth-order valence-corrected chi connectivity index (χ4v) is 4.34. The van der Waals surface area contributed by atoms with Gasteiger partial charge in [-0.25, -0.2) is 4.79 Å². The van der Waals surface area contributed by atoms with Gasteiger partial charge in [0, 0.05) is 6.04 Å². The number of nitrogens with zero attached hydrogens (tertiary/aromatic N) is 1. The minimum Gasteiger partial charge on any atom is -0.444 e. The molecule has 2 atom stereocenters. The summed E-state index contributed by atoms with van der Waals surface area (Å²) in [4.78, 5) is 14.6. The lowest BCUT2D eigenvalue weighted by Crippen LogP contribution is -2.45. The lowest BCUT2D eigenvalue weighted by atomic mass is 9.93. The summed E-state index contributed by atoms with van der Waals surface area (Å²) in [5.74, 6) is 0. The topological polar surface area (TPSA) is 29.5 Å². The van der Waals surface area contributed by atoms with Gasteiger partial charge < -0.3 is 4.74 Å². The van der Waals surface area contributed by atoms with Gasteiger partial charge in [-0.15, -0.1) is 0 Å². The molecule has 2 heterocycles. The van der Waals surface area contributed by atoms with Gasteiger partial charge in [-0.3, -0.25) is 4.90 Å². The Morgan fingerprint density at radius 1 is 1.12 bits per heavy atom. The lowest BCUT2D eigenvalue weighted by Gasteiger charge is -2.35. The maximum absolute atomic E-state index is 12.6. The summed E-state index contributed by atoms with van der Waals surface area (Å²) >= 11 is 0. The van der Waals surface area contributed by atoms with Crippen molar-refractivity contribution in [2.45, 2.75) is 64.1 Å². The van der Waals surface area contributed by atoms with Crippen LogP contribution in [0.25, 0.3) is 10.8 Å². The zero-order valence-electron chi connectivity index (χ0n) is 15.9. The van der Waals surface area contributed by atoms with Crippen LogP contribution in [-0.2, 0) is 11.2 Å². The van der Waals surface area contributed by atoms with Crippen molar-refractivity contribution < 1.29 is 9.53 Å². The Labute approximate surface area is 155 Å². The van der Waals surface area contributed by atoms with E-state index in [1.54, 1.807) is 0 Å². The number of hydrogen-bond donors (Lipinski definition) is 0. The number of amides is 1. The molecule has 0 aromatic heterocycles. The minimum atomic E-state index is -0.441. The third-order valence-corrected chi connectivity index (χ3v) is 5.37. The molecular formula is C23H27NO2. The third kappa shape index (κ3) is 3.35. The summed E-state index contributed by atoms with van der Waals surface area (Å²) in [6.07, 6.45) is 6.19. The van der Waals surface area contributed by atoms with E-state index in [1.807, 2.05) is 25.7 Å². The number of carbonyl (C=O) groups excluding carboxylic acids is 1. The highest BCUT2D eigenvalue weighted by Crippen LogP contribution is 2.37. The molecule has 0 N–H and O–H groups in total. The summed E-state index contributed by atoms with van der Waals surface area (Å²) in [5, 5.41) is 2.62. The molecule has 2 bridgehead atoms. The van der Waals surface area contributed by atoms with Gasteiger partial charge in [-0.1, -0.05) is 54.1 Å². The normalized spacial score (nSPS) is 22.4. The predicted octanol–water partition coefficient (Wildman–Crippen LogP) is 5.48. The van der Waals surface area contributed by atoms with Gasteiger partial charge in [-0.2, -0.15) is 0 Å². The van der Waals surface area contributed by atoms with E-state index < -0.39 is 5.60 Å². The second kappa shape index (κ2) is 6.46. The lowest BCUT2D eigenvalue weighted by molar-refractivity contribution is 0.0166. The summed E-state index contributed by atoms with van der Waals surface area (Å²) in [5.41, 5.74) is 2.39. The van der Waals surface area contributed by atoms with Gasteiger partial charge in [0.15, 0.2) is 0 Å². The van der Waals surface area contributed by atoms with Gasteiger partial charge >= 0.3 is 6.09 Å². The fraction of sp³-hybridized carbons (Fsp3) is 0.435. The van der Waals surface area contributed by atoms with Crippen molar-refractivity contribution in [3.63, 3.8) is 0 Å². The van der Waals surface area contributed by atoms with Crippen molar-refractivity contribution in [3.8, 4) is 0 Å². The van der Waals surface area contributed by atoms with E-state index in [1.165, 1.54) is 21.9 Å². The van der Waals surface area contributed by atoms with Gasteiger partial charge in [0.2, 0.25) is 0 Å². The van der Waals surface area contributed by atoms with E-state index in [0.29, 0.717) is 0 Å². The molecule has 1 amide bonds. The SMILES string of the molecule is CC(C)(C)OC(=O)N1C2C=C(Cc3cccc4ccccc34)CC1CC2. The Balaban J connectivity index is 1.55. The molecule has 0 radical (unpaired) electrons. The van der Waals surface area contributed by atoms with Gasteiger partial charge in [-0.05, 0) is 62.8 Å². The van der Waals surface area contributed by atoms with Crippen LogP contribution in [0.5, 0.6) is 0 Å². The van der Waals surface area contributed by atoms with E-state index in [-0.39, 0.29) is 18.2 Å². The van der Waals surface area contributed by atoms with Crippen molar-refractivity contribution in [1.82, 2.24) is 4.90 Å². The van der Waals surface area contributed by atoms with Crippen molar-refractivity contribution in [2.24, 2.45) is 0 Å². The van der Waals surface area contributed by atoms with E-state index >= 15 is 0 Å². The molecule has 3 nitrogen and oxygen atoms in total. The van der Waals surface area contributed by atoms with Crippen LogP contribution < -0.4 is 0 Å². The number of benzene rings is 2. The average molecular weight is 349 g/mol. The first-order chi connectivity index (χ1) is 12.4. The first-order valence-corrected chi connectivity index (χ1v) is 9.58. The minimum absolute atomic E-state index is 0.162. The van der Waals surface area contributed by atoms with Gasteiger partial charge in [0.25, 0.3) is 0 Å². The third-order valence-electron chi connectivity index (χ3n) is 5.37. The van der Waals surface area contributed by atoms with Crippen LogP contribution in [0.2, 0.25) is 0 Å². The molecule has 0 saturated carbocycles. The van der Waals surface area contributed by atoms with Crippen molar-refractivity contribution in [2.75, 3.05) is 0 Å². The molecule has 0 aliphatic carbocycles. The first-order valence-electron chi connectivity index (χ1n) is 9.58. The average Bonchev–Trinajstić information content (AvgIpc) is 2.85. The molecule has 2 aliphatic heterocycles. The van der Waals surface area contributed by atoms with Crippen LogP contribution in [0.15, 0.2) is 54.1 Å². The van der Waals surface area contributed by atoms with Gasteiger partial charge in [0.05, 0.1) is 6.04 Å². The molecule has 1 saturated heterocycles. The number of ether oxygens (including phenoxy) is 1. The highest BCUT2D eigenvalue weighted by atomic mass is 16.6. The molecule has 1 fully saturated rings. The monoisotopic (exact) mass is 349 g/mol. The number of carbonyl (C=O) groups is 1. The smallest absolute Gasteiger partial charge is 0.411 e. The molecule has 0 spiro atoms. The molecule has 2 aromatic rings. The molecule has 2 unspecified atom stereocenters. The molecule has 2 aliphatic rings. The maximum Gasteiger partial charge on any atom is 0.411 e. The summed E-state index contributed by atoms with van der Waals surface area (Å²) in [6, 6.07) is 15.6. The molecule has 3 heteroatoms. The second-order valence-corrected chi connectivity index (χ2v) is 8.53. The summed E-state index contributed by atoms with van der Waals surface area (Å²) in [7, 11) is 0. The predicted molar refractivity (Wildman–Crippen MR) is 105 cm³/mol. The molecule has 136 valence electrons. The largest absolute Gasteiger partial charge is 0.444 e. The van der Waals surface area contributed by atoms with Crippen molar-refractivity contribution in [3.05, 3.63) is 59.7 Å². The highest BCUT2D eigenvalue weighted by Gasteiger charge is 2.41. The van der Waals surface area contributed by atoms with E-state index in [4.69, 9.17) is 4.74 Å². The Hall–Kier alpha value is -2.29. The summed E-state index contributed by atoms with van der Waals surface area (Å²) in [6.45, 7) is 5.79. The van der Waals surface area contributed by atoms with Crippen LogP contribution in [0.3, 0.4) is 0 Å². The van der Waals surface area contributed by atoms with Crippen LogP contribution in [-0.4, -0.2) is 28.7 Å². The zero-order valence-corrected chi connectivity index (χ0v) is 15.9. The van der Waals surface area contributed by atoms with Crippen molar-refractivity contribution >= 4 is 16.9 Å². The van der Waals surface area contributed by atoms with E-state index in [9.17, 15) is 4.79 Å². The fourth-order valence-electron chi connectivity index (χ4n) is 4.34. The number of rotatable bonds is 2. The molecular weight excluding hydrogens is 322 g/mol. The number of fused-ring (bicyclic) bond motifs is 3. The van der Waals surface area contributed by atoms with Crippen LogP contribution >= 0.6 is 0 Å². The molecule has 26 heavy (non-hydrogen) atoms. The van der Waals surface area contributed by atoms with Crippen LogP contribution in [0.4, 0.5) is 4.79 Å². The maximum atomic E-state index is 12.6. The Morgan fingerprint density at radius 2 is 1.88 bits per heavy atom. The van der Waals surface area contributed by atoms with Crippen LogP contribution in [0.1, 0.15) is 45.6 Å². The Morgan fingerprint density at radius 3 is 2.65 bits per heavy atom. The molecule has 2 aromatic carbocycles. The van der Waals surface area contributed by atoms with Gasteiger partial charge in [0.1, 0.15) is 5.60 Å². The first kappa shape index (κ1) is 17.1. The van der Waals surface area contributed by atoms with E-state index in [0.717, 1.165) is 25.7 Å². The molecule has 4 rings (SSSR count). The quantitative estimate of drug-likeness (QED) is 0.672. The number of hydrogen-bond acceptors (Lipinski definition) is 2. The second-order valence-electron chi connectivity index (χ2n) is 8.53.